The van der Waals surface area contributed by atoms with Gasteiger partial charge in [-0.1, -0.05) is 0 Å². The van der Waals surface area contributed by atoms with Gasteiger partial charge < -0.3 is 10.5 Å². The molecule has 1 saturated heterocycles. The van der Waals surface area contributed by atoms with E-state index in [0.29, 0.717) is 13.0 Å². The Morgan fingerprint density at radius 1 is 1.62 bits per heavy atom. The molecule has 0 spiro atoms. The molecule has 0 aliphatic carbocycles. The zero-order chi connectivity index (χ0) is 5.98. The molecule has 0 saturated carbocycles. The Morgan fingerprint density at radius 3 is 2.75 bits per heavy atom. The molecule has 8 heavy (non-hydrogen) atoms. The highest BCUT2D eigenvalue weighted by Gasteiger charge is 2.20. The van der Waals surface area contributed by atoms with Crippen LogP contribution in [0.4, 0.5) is 4.39 Å². The van der Waals surface area contributed by atoms with Crippen LogP contribution in [0.3, 0.4) is 0 Å². The summed E-state index contributed by atoms with van der Waals surface area (Å²) < 4.78 is 17.1. The Morgan fingerprint density at radius 2 is 2.38 bits per heavy atom. The van der Waals surface area contributed by atoms with Crippen LogP contribution in [-0.2, 0) is 4.74 Å². The molecule has 1 heterocycles. The zero-order valence-electron chi connectivity index (χ0n) is 4.64. The molecule has 1 rings (SSSR count). The SMILES string of the molecule is N[C@H]1CCOC[C@H]1F. The number of ether oxygens (including phenoxy) is 1. The van der Waals surface area contributed by atoms with Crippen molar-refractivity contribution >= 4 is 0 Å². The number of hydrogen-bond donors (Lipinski definition) is 1. The van der Waals surface area contributed by atoms with Crippen molar-refractivity contribution in [1.82, 2.24) is 0 Å². The third-order valence-electron chi connectivity index (χ3n) is 1.34. The molecule has 48 valence electrons. The van der Waals surface area contributed by atoms with Crippen LogP contribution in [-0.4, -0.2) is 25.4 Å². The molecule has 1 aliphatic rings. The quantitative estimate of drug-likeness (QED) is 0.490. The minimum absolute atomic E-state index is 0.182. The standard InChI is InChI=1S/C5H10FNO/c6-4-3-8-2-1-5(4)7/h4-5H,1-3,7H2/t4-,5+/m1/s1. The topological polar surface area (TPSA) is 35.2 Å². The van der Waals surface area contributed by atoms with Gasteiger partial charge in [0.15, 0.2) is 0 Å². The van der Waals surface area contributed by atoms with Crippen LogP contribution in [0, 0.1) is 0 Å². The van der Waals surface area contributed by atoms with Gasteiger partial charge in [-0.3, -0.25) is 0 Å². The number of alkyl halides is 1. The van der Waals surface area contributed by atoms with Crippen molar-refractivity contribution in [3.63, 3.8) is 0 Å². The molecule has 0 aromatic carbocycles. The summed E-state index contributed by atoms with van der Waals surface area (Å²) in [6.07, 6.45) is -0.287. The van der Waals surface area contributed by atoms with Crippen molar-refractivity contribution in [1.29, 1.82) is 0 Å². The van der Waals surface area contributed by atoms with E-state index in [1.54, 1.807) is 0 Å². The summed E-state index contributed by atoms with van der Waals surface area (Å²) in [6, 6.07) is -0.288. The van der Waals surface area contributed by atoms with Gasteiger partial charge in [-0.15, -0.1) is 0 Å². The molecule has 0 amide bonds. The first-order valence-electron chi connectivity index (χ1n) is 2.78. The first kappa shape index (κ1) is 5.98. The van der Waals surface area contributed by atoms with Gasteiger partial charge in [0.25, 0.3) is 0 Å². The fourth-order valence-corrected chi connectivity index (χ4v) is 0.720. The molecule has 2 nitrogen and oxygen atoms in total. The molecule has 2 atom stereocenters. The summed E-state index contributed by atoms with van der Waals surface area (Å²) >= 11 is 0. The smallest absolute Gasteiger partial charge is 0.138 e. The number of hydrogen-bond acceptors (Lipinski definition) is 2. The molecule has 1 fully saturated rings. The van der Waals surface area contributed by atoms with E-state index in [1.807, 2.05) is 0 Å². The molecule has 3 heteroatoms. The summed E-state index contributed by atoms with van der Waals surface area (Å²) in [6.45, 7) is 0.794. The van der Waals surface area contributed by atoms with Crippen molar-refractivity contribution in [3.05, 3.63) is 0 Å². The maximum Gasteiger partial charge on any atom is 0.138 e. The second-order valence-corrected chi connectivity index (χ2v) is 2.04. The van der Waals surface area contributed by atoms with Gasteiger partial charge in [0.2, 0.25) is 0 Å². The Kier molecular flexibility index (Phi) is 1.81. The predicted molar refractivity (Wildman–Crippen MR) is 28.3 cm³/mol. The third kappa shape index (κ3) is 1.17. The van der Waals surface area contributed by atoms with Crippen molar-refractivity contribution in [2.45, 2.75) is 18.6 Å². The number of halogens is 1. The third-order valence-corrected chi connectivity index (χ3v) is 1.34. The first-order chi connectivity index (χ1) is 3.80. The Balaban J connectivity index is 2.28. The van der Waals surface area contributed by atoms with E-state index in [-0.39, 0.29) is 12.6 Å². The normalized spacial score (nSPS) is 39.8. The molecule has 0 unspecified atom stereocenters. The van der Waals surface area contributed by atoms with E-state index >= 15 is 0 Å². The van der Waals surface area contributed by atoms with Crippen molar-refractivity contribution in [2.75, 3.05) is 13.2 Å². The lowest BCUT2D eigenvalue weighted by atomic mass is 10.1. The number of nitrogens with two attached hydrogens (primary N) is 1. The van der Waals surface area contributed by atoms with Gasteiger partial charge in [-0.05, 0) is 6.42 Å². The molecule has 0 radical (unpaired) electrons. The fraction of sp³-hybridized carbons (Fsp3) is 1.00. The molecule has 0 aromatic heterocycles. The molecule has 1 aliphatic heterocycles. The van der Waals surface area contributed by atoms with Gasteiger partial charge in [-0.25, -0.2) is 4.39 Å². The van der Waals surface area contributed by atoms with Crippen molar-refractivity contribution in [2.24, 2.45) is 5.73 Å². The van der Waals surface area contributed by atoms with Crippen LogP contribution >= 0.6 is 0 Å². The Labute approximate surface area is 47.8 Å². The van der Waals surface area contributed by atoms with Crippen LogP contribution in [0.5, 0.6) is 0 Å². The van der Waals surface area contributed by atoms with Crippen LogP contribution in [0.25, 0.3) is 0 Å². The van der Waals surface area contributed by atoms with E-state index in [0.717, 1.165) is 0 Å². The first-order valence-corrected chi connectivity index (χ1v) is 2.78. The maximum atomic E-state index is 12.3. The average molecular weight is 119 g/mol. The molecular formula is C5H10FNO. The van der Waals surface area contributed by atoms with Crippen LogP contribution in [0.2, 0.25) is 0 Å². The summed E-state index contributed by atoms with van der Waals surface area (Å²) in [5.74, 6) is 0. The number of rotatable bonds is 0. The van der Waals surface area contributed by atoms with Gasteiger partial charge >= 0.3 is 0 Å². The zero-order valence-corrected chi connectivity index (χ0v) is 4.64. The van der Waals surface area contributed by atoms with Gasteiger partial charge in [-0.2, -0.15) is 0 Å². The van der Waals surface area contributed by atoms with Gasteiger partial charge in [0.1, 0.15) is 6.17 Å². The van der Waals surface area contributed by atoms with Gasteiger partial charge in [0, 0.05) is 12.6 Å². The highest BCUT2D eigenvalue weighted by molar-refractivity contribution is 4.74. The molecular weight excluding hydrogens is 109 g/mol. The van der Waals surface area contributed by atoms with Crippen LogP contribution < -0.4 is 5.73 Å². The molecule has 0 aromatic rings. The van der Waals surface area contributed by atoms with Crippen LogP contribution in [0.1, 0.15) is 6.42 Å². The van der Waals surface area contributed by atoms with E-state index in [9.17, 15) is 4.39 Å². The monoisotopic (exact) mass is 119 g/mol. The summed E-state index contributed by atoms with van der Waals surface area (Å²) in [5, 5.41) is 0. The summed E-state index contributed by atoms with van der Waals surface area (Å²) in [7, 11) is 0. The average Bonchev–Trinajstić information content (AvgIpc) is 1.77. The van der Waals surface area contributed by atoms with E-state index < -0.39 is 6.17 Å². The second kappa shape index (κ2) is 2.42. The fourth-order valence-electron chi connectivity index (χ4n) is 0.720. The maximum absolute atomic E-state index is 12.3. The molecule has 2 N–H and O–H groups in total. The largest absolute Gasteiger partial charge is 0.378 e. The predicted octanol–water partition coefficient (Wildman–Crippen LogP) is 0.0721. The van der Waals surface area contributed by atoms with Crippen molar-refractivity contribution < 1.29 is 9.13 Å². The minimum Gasteiger partial charge on any atom is -0.378 e. The minimum atomic E-state index is -0.941. The van der Waals surface area contributed by atoms with E-state index in [2.05, 4.69) is 0 Å². The second-order valence-electron chi connectivity index (χ2n) is 2.04. The van der Waals surface area contributed by atoms with Gasteiger partial charge in [0.05, 0.1) is 6.61 Å². The lowest BCUT2D eigenvalue weighted by molar-refractivity contribution is 0.0238. The Hall–Kier alpha value is -0.150. The van der Waals surface area contributed by atoms with Crippen molar-refractivity contribution in [3.8, 4) is 0 Å². The van der Waals surface area contributed by atoms with Crippen LogP contribution in [0.15, 0.2) is 0 Å². The van der Waals surface area contributed by atoms with E-state index in [4.69, 9.17) is 10.5 Å². The summed E-state index contributed by atoms with van der Waals surface area (Å²) in [4.78, 5) is 0. The lowest BCUT2D eigenvalue weighted by Gasteiger charge is -2.21. The summed E-state index contributed by atoms with van der Waals surface area (Å²) in [5.41, 5.74) is 5.32. The van der Waals surface area contributed by atoms with E-state index in [1.165, 1.54) is 0 Å². The lowest BCUT2D eigenvalue weighted by Crippen LogP contribution is -2.39. The Bertz CT molecular complexity index is 68.8. The molecule has 0 bridgehead atoms. The highest BCUT2D eigenvalue weighted by atomic mass is 19.1. The highest BCUT2D eigenvalue weighted by Crippen LogP contribution is 2.07.